The number of hydrogen-bond donors (Lipinski definition) is 4. The molecule has 4 amide bonds. The molecule has 148 valence electrons. The molecule has 0 radical (unpaired) electrons. The number of ether oxygens (including phenoxy) is 5. The van der Waals surface area contributed by atoms with Gasteiger partial charge >= 0.3 is 12.1 Å². The summed E-state index contributed by atoms with van der Waals surface area (Å²) >= 11 is 0. The van der Waals surface area contributed by atoms with E-state index in [0.717, 1.165) is 0 Å². The molecule has 0 aromatic heterocycles. The Kier molecular flexibility index (Phi) is 17.4. The molecule has 11 heteroatoms. The summed E-state index contributed by atoms with van der Waals surface area (Å²) in [5, 5.41) is 4.83. The highest BCUT2D eigenvalue weighted by Gasteiger charge is 1.95. The molecule has 11 nitrogen and oxygen atoms in total. The maximum atomic E-state index is 10.4. The number of amides is 4. The molecule has 25 heavy (non-hydrogen) atoms. The molecule has 0 atom stereocenters. The van der Waals surface area contributed by atoms with Crippen LogP contribution in [0.5, 0.6) is 0 Å². The van der Waals surface area contributed by atoms with Crippen LogP contribution in [0.1, 0.15) is 0 Å². The second-order valence-corrected chi connectivity index (χ2v) is 4.64. The van der Waals surface area contributed by atoms with Crippen LogP contribution < -0.4 is 22.1 Å². The number of urea groups is 2. The molecule has 0 saturated heterocycles. The molecule has 0 aromatic rings. The van der Waals surface area contributed by atoms with Gasteiger partial charge in [0.1, 0.15) is 0 Å². The molecule has 0 heterocycles. The van der Waals surface area contributed by atoms with Crippen LogP contribution in [0.15, 0.2) is 0 Å². The smallest absolute Gasteiger partial charge is 0.312 e. The largest absolute Gasteiger partial charge is 0.377 e. The van der Waals surface area contributed by atoms with E-state index in [1.165, 1.54) is 0 Å². The van der Waals surface area contributed by atoms with E-state index in [0.29, 0.717) is 79.2 Å². The number of rotatable bonds is 18. The average Bonchev–Trinajstić information content (AvgIpc) is 2.56. The van der Waals surface area contributed by atoms with Gasteiger partial charge in [-0.25, -0.2) is 9.59 Å². The molecule has 0 aromatic carbocycles. The molecule has 0 unspecified atom stereocenters. The van der Waals surface area contributed by atoms with Gasteiger partial charge in [-0.2, -0.15) is 0 Å². The predicted molar refractivity (Wildman–Crippen MR) is 89.3 cm³/mol. The molecular weight excluding hydrogens is 336 g/mol. The lowest BCUT2D eigenvalue weighted by atomic mass is 10.6. The highest BCUT2D eigenvalue weighted by atomic mass is 16.6. The lowest BCUT2D eigenvalue weighted by Gasteiger charge is -2.08. The molecule has 0 aliphatic rings. The van der Waals surface area contributed by atoms with Crippen molar-refractivity contribution in [1.82, 2.24) is 10.6 Å². The van der Waals surface area contributed by atoms with Crippen LogP contribution in [0.25, 0.3) is 0 Å². The Morgan fingerprint density at radius 1 is 0.520 bits per heavy atom. The van der Waals surface area contributed by atoms with Gasteiger partial charge in [-0.15, -0.1) is 0 Å². The standard InChI is InChI=1S/C14H30N4O7/c15-13(19)17-1-3-21-5-7-23-9-11-25-12-10-24-8-6-22-4-2-18-14(16)20/h1-12H2,(H3,15,17,19)(H3,16,18,20). The summed E-state index contributed by atoms with van der Waals surface area (Å²) in [6.45, 7) is 5.24. The first kappa shape index (κ1) is 23.3. The van der Waals surface area contributed by atoms with Gasteiger partial charge in [0, 0.05) is 13.1 Å². The van der Waals surface area contributed by atoms with Crippen LogP contribution in [-0.4, -0.2) is 91.2 Å². The number of carbonyl (C=O) groups is 2. The van der Waals surface area contributed by atoms with Gasteiger partial charge in [0.25, 0.3) is 0 Å². The summed E-state index contributed by atoms with van der Waals surface area (Å²) in [5.74, 6) is 0. The van der Waals surface area contributed by atoms with E-state index in [-0.39, 0.29) is 0 Å². The van der Waals surface area contributed by atoms with E-state index in [1.54, 1.807) is 0 Å². The number of carbonyl (C=O) groups excluding carboxylic acids is 2. The van der Waals surface area contributed by atoms with Crippen molar-refractivity contribution < 1.29 is 33.3 Å². The summed E-state index contributed by atoms with van der Waals surface area (Å²) in [5.41, 5.74) is 9.80. The lowest BCUT2D eigenvalue weighted by Crippen LogP contribution is -2.32. The highest BCUT2D eigenvalue weighted by Crippen LogP contribution is 1.83. The molecule has 6 N–H and O–H groups in total. The summed E-state index contributed by atoms with van der Waals surface area (Å²) in [6.07, 6.45) is 0. The third-order valence-corrected chi connectivity index (χ3v) is 2.58. The SMILES string of the molecule is NC(=O)NCCOCCOCCOCCOCCOCCNC(N)=O. The van der Waals surface area contributed by atoms with Crippen molar-refractivity contribution in [2.45, 2.75) is 0 Å². The minimum Gasteiger partial charge on any atom is -0.377 e. The van der Waals surface area contributed by atoms with Gasteiger partial charge in [0.05, 0.1) is 66.1 Å². The van der Waals surface area contributed by atoms with E-state index in [1.807, 2.05) is 0 Å². The monoisotopic (exact) mass is 366 g/mol. The summed E-state index contributed by atoms with van der Waals surface area (Å²) in [4.78, 5) is 20.8. The van der Waals surface area contributed by atoms with Crippen LogP contribution in [0, 0.1) is 0 Å². The summed E-state index contributed by atoms with van der Waals surface area (Å²) in [6, 6.07) is -1.13. The lowest BCUT2D eigenvalue weighted by molar-refractivity contribution is -0.0103. The van der Waals surface area contributed by atoms with Crippen molar-refractivity contribution >= 4 is 12.1 Å². The maximum Gasteiger partial charge on any atom is 0.312 e. The Morgan fingerprint density at radius 2 is 0.760 bits per heavy atom. The van der Waals surface area contributed by atoms with Crippen molar-refractivity contribution in [1.29, 1.82) is 0 Å². The zero-order valence-corrected chi connectivity index (χ0v) is 14.5. The topological polar surface area (TPSA) is 156 Å². The second kappa shape index (κ2) is 18.7. The van der Waals surface area contributed by atoms with Crippen LogP contribution in [0.2, 0.25) is 0 Å². The van der Waals surface area contributed by atoms with Crippen LogP contribution in [0.3, 0.4) is 0 Å². The summed E-state index contributed by atoms with van der Waals surface area (Å²) < 4.78 is 26.3. The van der Waals surface area contributed by atoms with Gasteiger partial charge in [-0.3, -0.25) is 0 Å². The minimum atomic E-state index is -0.564. The molecular formula is C14H30N4O7. The quantitative estimate of drug-likeness (QED) is 0.213. The number of nitrogens with one attached hydrogen (secondary N) is 2. The van der Waals surface area contributed by atoms with Crippen LogP contribution in [0.4, 0.5) is 9.59 Å². The second-order valence-electron chi connectivity index (χ2n) is 4.64. The Hall–Kier alpha value is -1.66. The third-order valence-electron chi connectivity index (χ3n) is 2.58. The molecule has 0 spiro atoms. The zero-order chi connectivity index (χ0) is 18.6. The van der Waals surface area contributed by atoms with E-state index < -0.39 is 12.1 Å². The van der Waals surface area contributed by atoms with Gasteiger partial charge in [0.2, 0.25) is 0 Å². The molecule has 0 fully saturated rings. The first-order valence-corrected chi connectivity index (χ1v) is 8.08. The minimum absolute atomic E-state index is 0.383. The predicted octanol–water partition coefficient (Wildman–Crippen LogP) is -1.59. The van der Waals surface area contributed by atoms with E-state index in [2.05, 4.69) is 10.6 Å². The Bertz CT molecular complexity index is 304. The molecule has 0 aliphatic carbocycles. The van der Waals surface area contributed by atoms with Crippen molar-refractivity contribution in [3.05, 3.63) is 0 Å². The van der Waals surface area contributed by atoms with Crippen molar-refractivity contribution in [2.75, 3.05) is 79.2 Å². The van der Waals surface area contributed by atoms with Crippen LogP contribution in [-0.2, 0) is 23.7 Å². The first-order chi connectivity index (χ1) is 12.1. The molecule has 0 saturated carbocycles. The molecule has 0 rings (SSSR count). The number of primary amides is 2. The van der Waals surface area contributed by atoms with E-state index >= 15 is 0 Å². The van der Waals surface area contributed by atoms with Crippen molar-refractivity contribution in [3.8, 4) is 0 Å². The number of nitrogens with two attached hydrogens (primary N) is 2. The fourth-order valence-electron chi connectivity index (χ4n) is 1.47. The Balaban J connectivity index is 3.00. The zero-order valence-electron chi connectivity index (χ0n) is 14.5. The normalized spacial score (nSPS) is 10.6. The fourth-order valence-corrected chi connectivity index (χ4v) is 1.47. The fraction of sp³-hybridized carbons (Fsp3) is 0.857. The Morgan fingerprint density at radius 3 is 1.00 bits per heavy atom. The highest BCUT2D eigenvalue weighted by molar-refractivity contribution is 5.71. The summed E-state index contributed by atoms with van der Waals surface area (Å²) in [7, 11) is 0. The van der Waals surface area contributed by atoms with Gasteiger partial charge < -0.3 is 45.8 Å². The van der Waals surface area contributed by atoms with Crippen molar-refractivity contribution in [2.24, 2.45) is 11.5 Å². The maximum absolute atomic E-state index is 10.4. The Labute approximate surface area is 147 Å². The first-order valence-electron chi connectivity index (χ1n) is 8.08. The van der Waals surface area contributed by atoms with Gasteiger partial charge in [0.15, 0.2) is 0 Å². The van der Waals surface area contributed by atoms with Gasteiger partial charge in [-0.1, -0.05) is 0 Å². The molecule has 0 bridgehead atoms. The van der Waals surface area contributed by atoms with Crippen LogP contribution >= 0.6 is 0 Å². The average molecular weight is 366 g/mol. The number of hydrogen-bond acceptors (Lipinski definition) is 7. The third kappa shape index (κ3) is 22.3. The van der Waals surface area contributed by atoms with E-state index in [4.69, 9.17) is 35.2 Å². The van der Waals surface area contributed by atoms with Gasteiger partial charge in [-0.05, 0) is 0 Å². The van der Waals surface area contributed by atoms with Crippen molar-refractivity contribution in [3.63, 3.8) is 0 Å². The molecule has 0 aliphatic heterocycles. The van der Waals surface area contributed by atoms with E-state index in [9.17, 15) is 9.59 Å².